The number of hydrogen-bond donors (Lipinski definition) is 0. The minimum absolute atomic E-state index is 0.228. The lowest BCUT2D eigenvalue weighted by atomic mass is 9.94. The highest BCUT2D eigenvalue weighted by Gasteiger charge is 2.27. The summed E-state index contributed by atoms with van der Waals surface area (Å²) in [6.07, 6.45) is 8.46. The van der Waals surface area contributed by atoms with Gasteiger partial charge in [-0.3, -0.25) is 0 Å². The summed E-state index contributed by atoms with van der Waals surface area (Å²) in [5, 5.41) is 4.38. The van der Waals surface area contributed by atoms with Gasteiger partial charge in [-0.1, -0.05) is 12.8 Å². The van der Waals surface area contributed by atoms with Crippen molar-refractivity contribution in [2.75, 3.05) is 11.9 Å². The molecule has 1 aliphatic carbocycles. The SMILES string of the molecule is CN(c1ccn2nccc2n1)C1CCCCC1Cl. The number of hydrogen-bond acceptors (Lipinski definition) is 3. The molecule has 96 valence electrons. The third-order valence-electron chi connectivity index (χ3n) is 3.75. The van der Waals surface area contributed by atoms with Gasteiger partial charge in [0.2, 0.25) is 0 Å². The van der Waals surface area contributed by atoms with Gasteiger partial charge in [0.1, 0.15) is 5.82 Å². The van der Waals surface area contributed by atoms with Gasteiger partial charge in [-0.2, -0.15) is 5.10 Å². The van der Waals surface area contributed by atoms with Crippen LogP contribution in [0.2, 0.25) is 0 Å². The predicted molar refractivity (Wildman–Crippen MR) is 73.3 cm³/mol. The van der Waals surface area contributed by atoms with Gasteiger partial charge >= 0.3 is 0 Å². The maximum atomic E-state index is 6.44. The fraction of sp³-hybridized carbons (Fsp3) is 0.538. The van der Waals surface area contributed by atoms with Gasteiger partial charge in [-0.15, -0.1) is 11.6 Å². The fourth-order valence-corrected chi connectivity index (χ4v) is 3.12. The van der Waals surface area contributed by atoms with E-state index in [1.54, 1.807) is 10.7 Å². The zero-order valence-electron chi connectivity index (χ0n) is 10.5. The van der Waals surface area contributed by atoms with Crippen LogP contribution in [0, 0.1) is 0 Å². The molecule has 18 heavy (non-hydrogen) atoms. The summed E-state index contributed by atoms with van der Waals surface area (Å²) < 4.78 is 1.77. The molecule has 4 nitrogen and oxygen atoms in total. The van der Waals surface area contributed by atoms with Crippen LogP contribution in [0.5, 0.6) is 0 Å². The van der Waals surface area contributed by atoms with Crippen LogP contribution in [0.1, 0.15) is 25.7 Å². The van der Waals surface area contributed by atoms with Gasteiger partial charge in [0.05, 0.1) is 11.6 Å². The van der Waals surface area contributed by atoms with Crippen molar-refractivity contribution in [1.29, 1.82) is 0 Å². The van der Waals surface area contributed by atoms with E-state index in [0.717, 1.165) is 24.3 Å². The first-order chi connectivity index (χ1) is 8.75. The molecular weight excluding hydrogens is 248 g/mol. The van der Waals surface area contributed by atoms with E-state index in [2.05, 4.69) is 22.0 Å². The zero-order chi connectivity index (χ0) is 12.5. The van der Waals surface area contributed by atoms with Crippen LogP contribution in [0.25, 0.3) is 5.65 Å². The Morgan fingerprint density at radius 2 is 2.17 bits per heavy atom. The summed E-state index contributed by atoms with van der Waals surface area (Å²) in [7, 11) is 2.08. The van der Waals surface area contributed by atoms with Crippen LogP contribution in [-0.2, 0) is 0 Å². The van der Waals surface area contributed by atoms with Crippen LogP contribution < -0.4 is 4.90 Å². The van der Waals surface area contributed by atoms with Crippen molar-refractivity contribution in [2.24, 2.45) is 0 Å². The smallest absolute Gasteiger partial charge is 0.157 e. The molecule has 2 unspecified atom stereocenters. The second-order valence-electron chi connectivity index (χ2n) is 4.90. The second kappa shape index (κ2) is 4.76. The zero-order valence-corrected chi connectivity index (χ0v) is 11.2. The average Bonchev–Trinajstić information content (AvgIpc) is 2.85. The Balaban J connectivity index is 1.87. The molecule has 2 atom stereocenters. The molecular formula is C13H17ClN4. The lowest BCUT2D eigenvalue weighted by molar-refractivity contribution is 0.432. The molecule has 0 aromatic carbocycles. The number of alkyl halides is 1. The van der Waals surface area contributed by atoms with E-state index in [0.29, 0.717) is 6.04 Å². The molecule has 5 heteroatoms. The Labute approximate surface area is 112 Å². The van der Waals surface area contributed by atoms with E-state index >= 15 is 0 Å². The summed E-state index contributed by atoms with van der Waals surface area (Å²) in [6.45, 7) is 0. The molecule has 0 spiro atoms. The Kier molecular flexibility index (Phi) is 3.12. The minimum atomic E-state index is 0.228. The Bertz CT molecular complexity index is 539. The highest BCUT2D eigenvalue weighted by molar-refractivity contribution is 6.21. The van der Waals surface area contributed by atoms with Gasteiger partial charge in [0, 0.05) is 25.4 Å². The summed E-state index contributed by atoms with van der Waals surface area (Å²) in [5.74, 6) is 0.973. The third kappa shape index (κ3) is 2.05. The summed E-state index contributed by atoms with van der Waals surface area (Å²) >= 11 is 6.44. The van der Waals surface area contributed by atoms with E-state index < -0.39 is 0 Å². The number of aromatic nitrogens is 3. The van der Waals surface area contributed by atoms with Crippen LogP contribution in [0.3, 0.4) is 0 Å². The highest BCUT2D eigenvalue weighted by atomic mass is 35.5. The quantitative estimate of drug-likeness (QED) is 0.782. The Morgan fingerprint density at radius 3 is 3.00 bits per heavy atom. The van der Waals surface area contributed by atoms with Gasteiger partial charge in [-0.05, 0) is 18.9 Å². The molecule has 0 saturated heterocycles. The summed E-state index contributed by atoms with van der Waals surface area (Å²) in [6, 6.07) is 4.30. The monoisotopic (exact) mass is 264 g/mol. The molecule has 0 N–H and O–H groups in total. The Hall–Kier alpha value is -1.29. The lowest BCUT2D eigenvalue weighted by Gasteiger charge is -2.35. The standard InChI is InChI=1S/C13H17ClN4/c1-17(11-5-3-2-4-10(11)14)12-7-9-18-13(16-12)6-8-15-18/h6-11H,2-5H2,1H3. The largest absolute Gasteiger partial charge is 0.355 e. The van der Waals surface area contributed by atoms with Gasteiger partial charge in [-0.25, -0.2) is 9.50 Å². The van der Waals surface area contributed by atoms with E-state index in [-0.39, 0.29) is 5.38 Å². The van der Waals surface area contributed by atoms with E-state index in [1.807, 2.05) is 18.3 Å². The van der Waals surface area contributed by atoms with E-state index in [4.69, 9.17) is 11.6 Å². The first-order valence-corrected chi connectivity index (χ1v) is 6.86. The topological polar surface area (TPSA) is 33.4 Å². The van der Waals surface area contributed by atoms with Crippen molar-refractivity contribution < 1.29 is 0 Å². The van der Waals surface area contributed by atoms with Crippen LogP contribution in [0.15, 0.2) is 24.5 Å². The van der Waals surface area contributed by atoms with Crippen LogP contribution in [0.4, 0.5) is 5.82 Å². The fourth-order valence-electron chi connectivity index (χ4n) is 2.67. The summed E-state index contributed by atoms with van der Waals surface area (Å²) in [4.78, 5) is 6.82. The molecule has 2 aromatic heterocycles. The van der Waals surface area contributed by atoms with Gasteiger partial charge in [0.25, 0.3) is 0 Å². The molecule has 0 bridgehead atoms. The third-order valence-corrected chi connectivity index (χ3v) is 4.26. The van der Waals surface area contributed by atoms with Crippen molar-refractivity contribution in [3.8, 4) is 0 Å². The number of rotatable bonds is 2. The van der Waals surface area contributed by atoms with Crippen LogP contribution >= 0.6 is 11.6 Å². The molecule has 2 heterocycles. The van der Waals surface area contributed by atoms with Crippen molar-refractivity contribution in [3.63, 3.8) is 0 Å². The maximum Gasteiger partial charge on any atom is 0.157 e. The molecule has 0 aliphatic heterocycles. The van der Waals surface area contributed by atoms with Crippen molar-refractivity contribution in [3.05, 3.63) is 24.5 Å². The minimum Gasteiger partial charge on any atom is -0.355 e. The molecule has 1 saturated carbocycles. The molecule has 3 rings (SSSR count). The Morgan fingerprint density at radius 1 is 1.33 bits per heavy atom. The second-order valence-corrected chi connectivity index (χ2v) is 5.46. The average molecular weight is 265 g/mol. The molecule has 0 amide bonds. The first-order valence-electron chi connectivity index (χ1n) is 6.43. The van der Waals surface area contributed by atoms with Crippen molar-refractivity contribution in [2.45, 2.75) is 37.1 Å². The van der Waals surface area contributed by atoms with E-state index in [9.17, 15) is 0 Å². The van der Waals surface area contributed by atoms with Crippen LogP contribution in [-0.4, -0.2) is 33.1 Å². The molecule has 2 aromatic rings. The van der Waals surface area contributed by atoms with Gasteiger partial charge in [0.15, 0.2) is 5.65 Å². The van der Waals surface area contributed by atoms with E-state index in [1.165, 1.54) is 12.8 Å². The van der Waals surface area contributed by atoms with Crippen molar-refractivity contribution >= 4 is 23.1 Å². The maximum absolute atomic E-state index is 6.44. The first kappa shape index (κ1) is 11.8. The number of halogens is 1. The number of fused-ring (bicyclic) bond motifs is 1. The highest BCUT2D eigenvalue weighted by Crippen LogP contribution is 2.28. The normalized spacial score (nSPS) is 24.3. The number of anilines is 1. The lowest BCUT2D eigenvalue weighted by Crippen LogP contribution is -2.41. The predicted octanol–water partition coefficient (Wildman–Crippen LogP) is 2.72. The molecule has 0 radical (unpaired) electrons. The number of nitrogens with zero attached hydrogens (tertiary/aromatic N) is 4. The molecule has 1 fully saturated rings. The van der Waals surface area contributed by atoms with Crippen molar-refractivity contribution in [1.82, 2.24) is 14.6 Å². The van der Waals surface area contributed by atoms with Gasteiger partial charge < -0.3 is 4.90 Å². The molecule has 1 aliphatic rings. The summed E-state index contributed by atoms with van der Waals surface area (Å²) in [5.41, 5.74) is 0.876.